The predicted molar refractivity (Wildman–Crippen MR) is 96.4 cm³/mol. The van der Waals surface area contributed by atoms with Gasteiger partial charge in [0.25, 0.3) is 0 Å². The number of fused-ring (bicyclic) bond motifs is 1. The van der Waals surface area contributed by atoms with Gasteiger partial charge in [0, 0.05) is 38.1 Å². The first-order valence-electron chi connectivity index (χ1n) is 8.65. The van der Waals surface area contributed by atoms with Gasteiger partial charge in [-0.3, -0.25) is 4.79 Å². The molecule has 1 unspecified atom stereocenters. The van der Waals surface area contributed by atoms with Gasteiger partial charge in [0.1, 0.15) is 18.0 Å². The number of imidazole rings is 1. The fourth-order valence-electron chi connectivity index (χ4n) is 3.26. The summed E-state index contributed by atoms with van der Waals surface area (Å²) in [6, 6.07) is 0.163. The van der Waals surface area contributed by atoms with E-state index in [0.717, 1.165) is 54.3 Å². The van der Waals surface area contributed by atoms with E-state index in [1.807, 2.05) is 18.4 Å². The van der Waals surface area contributed by atoms with Crippen LogP contribution in [0.25, 0.3) is 22.6 Å². The van der Waals surface area contributed by atoms with Crippen LogP contribution >= 0.6 is 0 Å². The summed E-state index contributed by atoms with van der Waals surface area (Å²) in [5.74, 6) is 2.18. The molecular formula is C17H20N8O. The van der Waals surface area contributed by atoms with Crippen molar-refractivity contribution in [3.63, 3.8) is 0 Å². The van der Waals surface area contributed by atoms with Crippen molar-refractivity contribution < 1.29 is 4.79 Å². The van der Waals surface area contributed by atoms with Gasteiger partial charge in [-0.2, -0.15) is 0 Å². The smallest absolute Gasteiger partial charge is 0.209 e. The maximum atomic E-state index is 10.9. The molecule has 1 fully saturated rings. The van der Waals surface area contributed by atoms with Gasteiger partial charge in [-0.05, 0) is 20.3 Å². The highest BCUT2D eigenvalue weighted by atomic mass is 16.1. The molecule has 1 N–H and O–H groups in total. The number of likely N-dealkylation sites (tertiary alicyclic amines) is 1. The SMILES string of the molecule is CCn1c(-c2cnc(C)nc2)nc2c(NC3CCN(C=O)C3)ncnc21. The second kappa shape index (κ2) is 6.66. The number of hydrogen-bond acceptors (Lipinski definition) is 7. The average Bonchev–Trinajstić information content (AvgIpc) is 3.27. The predicted octanol–water partition coefficient (Wildman–Crippen LogP) is 1.25. The first kappa shape index (κ1) is 16.4. The van der Waals surface area contributed by atoms with Crippen LogP contribution in [-0.2, 0) is 11.3 Å². The Morgan fingerprint density at radius 2 is 2.08 bits per heavy atom. The summed E-state index contributed by atoms with van der Waals surface area (Å²) in [4.78, 5) is 34.8. The van der Waals surface area contributed by atoms with Crippen LogP contribution in [0.3, 0.4) is 0 Å². The molecule has 26 heavy (non-hydrogen) atoms. The number of aryl methyl sites for hydroxylation is 2. The lowest BCUT2D eigenvalue weighted by Crippen LogP contribution is -2.25. The molecule has 1 atom stereocenters. The Kier molecular flexibility index (Phi) is 4.19. The lowest BCUT2D eigenvalue weighted by atomic mass is 10.2. The van der Waals surface area contributed by atoms with Crippen LogP contribution in [0.1, 0.15) is 19.2 Å². The third-order valence-corrected chi connectivity index (χ3v) is 4.60. The molecule has 0 aromatic carbocycles. The number of carbonyl (C=O) groups is 1. The first-order valence-corrected chi connectivity index (χ1v) is 8.65. The van der Waals surface area contributed by atoms with Crippen molar-refractivity contribution in [2.45, 2.75) is 32.9 Å². The number of rotatable bonds is 5. The number of anilines is 1. The summed E-state index contributed by atoms with van der Waals surface area (Å²) in [6.07, 6.45) is 6.86. The molecule has 0 saturated carbocycles. The van der Waals surface area contributed by atoms with Crippen molar-refractivity contribution >= 4 is 23.4 Å². The molecule has 4 rings (SSSR count). The number of nitrogens with one attached hydrogen (secondary N) is 1. The van der Waals surface area contributed by atoms with E-state index < -0.39 is 0 Å². The van der Waals surface area contributed by atoms with Gasteiger partial charge in [-0.15, -0.1) is 0 Å². The van der Waals surface area contributed by atoms with Crippen molar-refractivity contribution in [2.24, 2.45) is 0 Å². The zero-order chi connectivity index (χ0) is 18.1. The van der Waals surface area contributed by atoms with E-state index in [4.69, 9.17) is 4.98 Å². The Hall–Kier alpha value is -3.10. The van der Waals surface area contributed by atoms with Gasteiger partial charge in [-0.1, -0.05) is 0 Å². The molecule has 1 aliphatic heterocycles. The number of amides is 1. The van der Waals surface area contributed by atoms with E-state index in [1.54, 1.807) is 23.6 Å². The van der Waals surface area contributed by atoms with E-state index in [2.05, 4.69) is 25.3 Å². The van der Waals surface area contributed by atoms with E-state index in [0.29, 0.717) is 12.4 Å². The van der Waals surface area contributed by atoms with E-state index in [1.165, 1.54) is 0 Å². The number of nitrogens with zero attached hydrogens (tertiary/aromatic N) is 7. The molecular weight excluding hydrogens is 332 g/mol. The molecule has 0 bridgehead atoms. The van der Waals surface area contributed by atoms with Gasteiger partial charge in [-0.25, -0.2) is 24.9 Å². The minimum absolute atomic E-state index is 0.163. The molecule has 1 aliphatic rings. The number of hydrogen-bond donors (Lipinski definition) is 1. The molecule has 9 heteroatoms. The van der Waals surface area contributed by atoms with Gasteiger partial charge in [0.2, 0.25) is 6.41 Å². The van der Waals surface area contributed by atoms with Crippen LogP contribution in [0.5, 0.6) is 0 Å². The summed E-state index contributed by atoms with van der Waals surface area (Å²) in [7, 11) is 0. The zero-order valence-corrected chi connectivity index (χ0v) is 14.8. The van der Waals surface area contributed by atoms with Crippen molar-refractivity contribution in [3.8, 4) is 11.4 Å². The largest absolute Gasteiger partial charge is 0.364 e. The highest BCUT2D eigenvalue weighted by Gasteiger charge is 2.23. The zero-order valence-electron chi connectivity index (χ0n) is 14.8. The minimum Gasteiger partial charge on any atom is -0.364 e. The van der Waals surface area contributed by atoms with Crippen molar-refractivity contribution in [1.29, 1.82) is 0 Å². The third-order valence-electron chi connectivity index (χ3n) is 4.60. The maximum Gasteiger partial charge on any atom is 0.209 e. The highest BCUT2D eigenvalue weighted by molar-refractivity contribution is 5.86. The molecule has 3 aromatic heterocycles. The molecule has 0 spiro atoms. The van der Waals surface area contributed by atoms with Crippen LogP contribution < -0.4 is 5.32 Å². The van der Waals surface area contributed by atoms with Crippen LogP contribution in [0.4, 0.5) is 5.82 Å². The lowest BCUT2D eigenvalue weighted by molar-refractivity contribution is -0.117. The van der Waals surface area contributed by atoms with Crippen molar-refractivity contribution in [1.82, 2.24) is 34.4 Å². The molecule has 1 saturated heterocycles. The molecule has 9 nitrogen and oxygen atoms in total. The fraction of sp³-hybridized carbons (Fsp3) is 0.412. The van der Waals surface area contributed by atoms with Crippen molar-refractivity contribution in [2.75, 3.05) is 18.4 Å². The molecule has 0 aliphatic carbocycles. The molecule has 0 radical (unpaired) electrons. The summed E-state index contributed by atoms with van der Waals surface area (Å²) in [5, 5.41) is 3.41. The lowest BCUT2D eigenvalue weighted by Gasteiger charge is -2.13. The molecule has 3 aromatic rings. The van der Waals surface area contributed by atoms with E-state index >= 15 is 0 Å². The van der Waals surface area contributed by atoms with E-state index in [-0.39, 0.29) is 6.04 Å². The van der Waals surface area contributed by atoms with E-state index in [9.17, 15) is 4.79 Å². The molecule has 134 valence electrons. The second-order valence-corrected chi connectivity index (χ2v) is 6.32. The quantitative estimate of drug-likeness (QED) is 0.690. The Labute approximate surface area is 150 Å². The topological polar surface area (TPSA) is 102 Å². The monoisotopic (exact) mass is 352 g/mol. The Bertz CT molecular complexity index is 936. The summed E-state index contributed by atoms with van der Waals surface area (Å²) in [5.41, 5.74) is 2.33. The standard InChI is InChI=1S/C17H20N8O/c1-3-25-16(12-6-18-11(2)19-7-12)23-14-15(20-9-21-17(14)25)22-13-4-5-24(8-13)10-26/h6-7,9-10,13H,3-5,8H2,1-2H3,(H,20,21,22). The Morgan fingerprint density at radius 1 is 1.27 bits per heavy atom. The van der Waals surface area contributed by atoms with Crippen LogP contribution in [0.2, 0.25) is 0 Å². The van der Waals surface area contributed by atoms with Crippen LogP contribution in [0, 0.1) is 6.92 Å². The fourth-order valence-corrected chi connectivity index (χ4v) is 3.26. The van der Waals surface area contributed by atoms with Gasteiger partial charge < -0.3 is 14.8 Å². The molecule has 4 heterocycles. The minimum atomic E-state index is 0.163. The Morgan fingerprint density at radius 3 is 2.77 bits per heavy atom. The normalized spacial score (nSPS) is 17.0. The highest BCUT2D eigenvalue weighted by Crippen LogP contribution is 2.27. The van der Waals surface area contributed by atoms with Gasteiger partial charge in [0.15, 0.2) is 17.0 Å². The third kappa shape index (κ3) is 2.85. The maximum absolute atomic E-state index is 10.9. The van der Waals surface area contributed by atoms with Gasteiger partial charge in [0.05, 0.1) is 5.56 Å². The average molecular weight is 352 g/mol. The second-order valence-electron chi connectivity index (χ2n) is 6.32. The summed E-state index contributed by atoms with van der Waals surface area (Å²) in [6.45, 7) is 6.05. The number of aromatic nitrogens is 6. The van der Waals surface area contributed by atoms with Crippen LogP contribution in [0.15, 0.2) is 18.7 Å². The summed E-state index contributed by atoms with van der Waals surface area (Å²) < 4.78 is 2.03. The Balaban J connectivity index is 1.74. The van der Waals surface area contributed by atoms with Crippen molar-refractivity contribution in [3.05, 3.63) is 24.5 Å². The summed E-state index contributed by atoms with van der Waals surface area (Å²) >= 11 is 0. The number of carbonyl (C=O) groups excluding carboxylic acids is 1. The van der Waals surface area contributed by atoms with Crippen LogP contribution in [-0.4, -0.2) is 59.9 Å². The van der Waals surface area contributed by atoms with Gasteiger partial charge >= 0.3 is 0 Å². The first-order chi connectivity index (χ1) is 12.7. The molecule has 1 amide bonds.